The predicted molar refractivity (Wildman–Crippen MR) is 203 cm³/mol. The van der Waals surface area contributed by atoms with Gasteiger partial charge in [0.2, 0.25) is 0 Å². The molecule has 0 unspecified atom stereocenters. The molecular weight excluding hydrogens is 581 g/mol. The Morgan fingerprint density at radius 2 is 1.10 bits per heavy atom. The zero-order valence-electron chi connectivity index (χ0n) is 27.5. The van der Waals surface area contributed by atoms with Crippen molar-refractivity contribution in [1.29, 1.82) is 0 Å². The number of benzene rings is 7. The maximum absolute atomic E-state index is 2.45. The molecular formula is C46H36N2. The van der Waals surface area contributed by atoms with Crippen LogP contribution in [0.25, 0.3) is 49.7 Å². The van der Waals surface area contributed by atoms with Gasteiger partial charge in [0.15, 0.2) is 0 Å². The van der Waals surface area contributed by atoms with Gasteiger partial charge in [-0.15, -0.1) is 0 Å². The van der Waals surface area contributed by atoms with E-state index >= 15 is 0 Å². The SMILES string of the molecule is Cc1cccc(N(c2ccccc2)c2ccc(-c3ccc4c(c3)c3cc5c(cc3n4-c3ccccc3)C(C)(C)c3ccccc3-5)cc2)c1. The molecule has 0 fully saturated rings. The van der Waals surface area contributed by atoms with Gasteiger partial charge in [0.1, 0.15) is 0 Å². The standard InChI is InChI=1S/C46H36N2/c1-31-13-12-18-37(27-31)47(34-14-6-4-7-15-34)36-24-21-32(22-25-36)33-23-26-44-40(28-33)41-29-39-38-19-10-11-20-42(38)46(2,3)43(39)30-45(41)48(44)35-16-8-5-9-17-35/h4-30H,1-3H3. The summed E-state index contributed by atoms with van der Waals surface area (Å²) < 4.78 is 2.44. The van der Waals surface area contributed by atoms with Crippen molar-refractivity contribution in [1.82, 2.24) is 4.57 Å². The Balaban J connectivity index is 1.20. The highest BCUT2D eigenvalue weighted by molar-refractivity contribution is 6.12. The van der Waals surface area contributed by atoms with Gasteiger partial charge in [0.05, 0.1) is 11.0 Å². The van der Waals surface area contributed by atoms with Crippen molar-refractivity contribution in [3.63, 3.8) is 0 Å². The van der Waals surface area contributed by atoms with E-state index < -0.39 is 0 Å². The average molecular weight is 617 g/mol. The predicted octanol–water partition coefficient (Wildman–Crippen LogP) is 12.5. The van der Waals surface area contributed by atoms with Gasteiger partial charge < -0.3 is 9.47 Å². The van der Waals surface area contributed by atoms with E-state index in [-0.39, 0.29) is 5.41 Å². The maximum atomic E-state index is 2.45. The van der Waals surface area contributed by atoms with Crippen LogP contribution in [0.4, 0.5) is 17.1 Å². The third kappa shape index (κ3) is 4.41. The highest BCUT2D eigenvalue weighted by Gasteiger charge is 2.36. The lowest BCUT2D eigenvalue weighted by molar-refractivity contribution is 0.661. The lowest BCUT2D eigenvalue weighted by Gasteiger charge is -2.26. The Hall–Kier alpha value is -5.86. The number of aromatic nitrogens is 1. The Morgan fingerprint density at radius 1 is 0.458 bits per heavy atom. The van der Waals surface area contributed by atoms with E-state index in [1.54, 1.807) is 0 Å². The van der Waals surface area contributed by atoms with Crippen LogP contribution in [0.15, 0.2) is 164 Å². The van der Waals surface area contributed by atoms with Crippen molar-refractivity contribution in [2.24, 2.45) is 0 Å². The molecule has 1 aliphatic carbocycles. The fourth-order valence-corrected chi connectivity index (χ4v) is 7.84. The van der Waals surface area contributed by atoms with Crippen LogP contribution in [0.3, 0.4) is 0 Å². The van der Waals surface area contributed by atoms with Crippen molar-refractivity contribution in [3.8, 4) is 27.9 Å². The molecule has 1 aromatic heterocycles. The number of anilines is 3. The second-order valence-corrected chi connectivity index (χ2v) is 13.5. The molecule has 1 aliphatic rings. The Bertz CT molecular complexity index is 2470. The van der Waals surface area contributed by atoms with E-state index in [1.165, 1.54) is 66.4 Å². The lowest BCUT2D eigenvalue weighted by atomic mass is 9.82. The summed E-state index contributed by atoms with van der Waals surface area (Å²) in [5, 5.41) is 2.55. The Kier molecular flexibility index (Phi) is 6.42. The molecule has 9 rings (SSSR count). The summed E-state index contributed by atoms with van der Waals surface area (Å²) in [6.45, 7) is 6.87. The van der Waals surface area contributed by atoms with Crippen LogP contribution in [-0.4, -0.2) is 4.57 Å². The first-order valence-corrected chi connectivity index (χ1v) is 16.8. The molecule has 0 N–H and O–H groups in total. The summed E-state index contributed by atoms with van der Waals surface area (Å²) >= 11 is 0. The van der Waals surface area contributed by atoms with E-state index in [2.05, 4.69) is 194 Å². The quantitative estimate of drug-likeness (QED) is 0.187. The van der Waals surface area contributed by atoms with Crippen LogP contribution in [-0.2, 0) is 5.41 Å². The maximum Gasteiger partial charge on any atom is 0.0544 e. The molecule has 7 aromatic carbocycles. The van der Waals surface area contributed by atoms with E-state index in [0.717, 1.165) is 17.1 Å². The largest absolute Gasteiger partial charge is 0.310 e. The fraction of sp³-hybridized carbons (Fsp3) is 0.0870. The molecule has 230 valence electrons. The average Bonchev–Trinajstić information content (AvgIpc) is 3.56. The molecule has 0 radical (unpaired) electrons. The molecule has 0 saturated carbocycles. The highest BCUT2D eigenvalue weighted by atomic mass is 15.1. The first kappa shape index (κ1) is 28.4. The minimum absolute atomic E-state index is 0.0585. The number of para-hydroxylation sites is 2. The van der Waals surface area contributed by atoms with E-state index in [1.807, 2.05) is 0 Å². The molecule has 0 bridgehead atoms. The van der Waals surface area contributed by atoms with Crippen molar-refractivity contribution in [2.75, 3.05) is 4.90 Å². The molecule has 0 spiro atoms. The summed E-state index contributed by atoms with van der Waals surface area (Å²) in [6, 6.07) is 59.9. The number of hydrogen-bond acceptors (Lipinski definition) is 1. The molecule has 1 heterocycles. The van der Waals surface area contributed by atoms with Crippen LogP contribution < -0.4 is 4.90 Å². The number of aryl methyl sites for hydroxylation is 1. The molecule has 2 nitrogen and oxygen atoms in total. The molecule has 2 heteroatoms. The number of fused-ring (bicyclic) bond motifs is 6. The second-order valence-electron chi connectivity index (χ2n) is 13.5. The minimum atomic E-state index is -0.0585. The summed E-state index contributed by atoms with van der Waals surface area (Å²) in [4.78, 5) is 2.33. The third-order valence-corrected chi connectivity index (χ3v) is 10.2. The smallest absolute Gasteiger partial charge is 0.0544 e. The van der Waals surface area contributed by atoms with Gasteiger partial charge in [0.25, 0.3) is 0 Å². The van der Waals surface area contributed by atoms with Crippen LogP contribution in [0.1, 0.15) is 30.5 Å². The summed E-state index contributed by atoms with van der Waals surface area (Å²) in [6.07, 6.45) is 0. The van der Waals surface area contributed by atoms with E-state index in [4.69, 9.17) is 0 Å². The number of nitrogens with zero attached hydrogens (tertiary/aromatic N) is 2. The van der Waals surface area contributed by atoms with E-state index in [9.17, 15) is 0 Å². The third-order valence-electron chi connectivity index (χ3n) is 10.2. The van der Waals surface area contributed by atoms with Crippen molar-refractivity contribution in [2.45, 2.75) is 26.2 Å². The fourth-order valence-electron chi connectivity index (χ4n) is 7.84. The monoisotopic (exact) mass is 616 g/mol. The molecule has 48 heavy (non-hydrogen) atoms. The van der Waals surface area contributed by atoms with E-state index in [0.29, 0.717) is 0 Å². The zero-order chi connectivity index (χ0) is 32.4. The van der Waals surface area contributed by atoms with Crippen LogP contribution in [0.2, 0.25) is 0 Å². The van der Waals surface area contributed by atoms with Crippen molar-refractivity contribution < 1.29 is 0 Å². The van der Waals surface area contributed by atoms with Gasteiger partial charge in [-0.2, -0.15) is 0 Å². The summed E-state index contributed by atoms with van der Waals surface area (Å²) in [5.41, 5.74) is 16.2. The molecule has 0 aliphatic heterocycles. The van der Waals surface area contributed by atoms with Gasteiger partial charge in [-0.3, -0.25) is 0 Å². The Morgan fingerprint density at radius 3 is 1.88 bits per heavy atom. The lowest BCUT2D eigenvalue weighted by Crippen LogP contribution is -2.14. The first-order valence-electron chi connectivity index (χ1n) is 16.8. The molecule has 0 atom stereocenters. The normalized spacial score (nSPS) is 13.1. The Labute approximate surface area is 282 Å². The van der Waals surface area contributed by atoms with Gasteiger partial charge >= 0.3 is 0 Å². The molecule has 0 amide bonds. The van der Waals surface area contributed by atoms with Gasteiger partial charge in [0, 0.05) is 38.9 Å². The molecule has 0 saturated heterocycles. The van der Waals surface area contributed by atoms with Crippen LogP contribution >= 0.6 is 0 Å². The van der Waals surface area contributed by atoms with Crippen LogP contribution in [0.5, 0.6) is 0 Å². The topological polar surface area (TPSA) is 8.17 Å². The minimum Gasteiger partial charge on any atom is -0.310 e. The first-order chi connectivity index (χ1) is 23.5. The summed E-state index contributed by atoms with van der Waals surface area (Å²) in [5.74, 6) is 0. The van der Waals surface area contributed by atoms with Gasteiger partial charge in [-0.05, 0) is 119 Å². The van der Waals surface area contributed by atoms with Crippen molar-refractivity contribution in [3.05, 3.63) is 180 Å². The van der Waals surface area contributed by atoms with Crippen molar-refractivity contribution >= 4 is 38.9 Å². The number of rotatable bonds is 5. The van der Waals surface area contributed by atoms with Gasteiger partial charge in [-0.1, -0.05) is 105 Å². The number of hydrogen-bond donors (Lipinski definition) is 0. The summed E-state index contributed by atoms with van der Waals surface area (Å²) in [7, 11) is 0. The molecule has 8 aromatic rings. The van der Waals surface area contributed by atoms with Crippen LogP contribution in [0, 0.1) is 6.92 Å². The zero-order valence-corrected chi connectivity index (χ0v) is 27.5. The van der Waals surface area contributed by atoms with Gasteiger partial charge in [-0.25, -0.2) is 0 Å². The highest BCUT2D eigenvalue weighted by Crippen LogP contribution is 2.51. The second kappa shape index (κ2) is 10.9.